The molecule has 0 amide bonds. The average molecular weight is 335 g/mol. The number of carbonyl (C=O) groups is 1. The summed E-state index contributed by atoms with van der Waals surface area (Å²) in [6.07, 6.45) is 4.30. The SMILES string of the molecule is CCOC(=O)/C=C(/O/N=C1\CCCc2ccccc21)c1ccccc1. The molecule has 0 atom stereocenters. The van der Waals surface area contributed by atoms with Gasteiger partial charge in [-0.05, 0) is 31.7 Å². The first kappa shape index (κ1) is 17.0. The van der Waals surface area contributed by atoms with E-state index in [0.29, 0.717) is 12.4 Å². The second kappa shape index (κ2) is 8.29. The third kappa shape index (κ3) is 4.35. The Bertz CT molecular complexity index is 794. The first-order valence-corrected chi connectivity index (χ1v) is 8.54. The van der Waals surface area contributed by atoms with Crippen molar-refractivity contribution in [1.29, 1.82) is 0 Å². The van der Waals surface area contributed by atoms with Crippen molar-refractivity contribution in [2.75, 3.05) is 6.61 Å². The lowest BCUT2D eigenvalue weighted by Crippen LogP contribution is -2.12. The van der Waals surface area contributed by atoms with Gasteiger partial charge in [0.15, 0.2) is 5.76 Å². The number of oxime groups is 1. The normalized spacial score (nSPS) is 15.6. The van der Waals surface area contributed by atoms with Gasteiger partial charge in [-0.15, -0.1) is 0 Å². The number of carbonyl (C=O) groups excluding carboxylic acids is 1. The summed E-state index contributed by atoms with van der Waals surface area (Å²) in [5, 5.41) is 4.36. The smallest absolute Gasteiger partial charge is 0.334 e. The molecule has 3 rings (SSSR count). The van der Waals surface area contributed by atoms with E-state index in [1.807, 2.05) is 42.5 Å². The second-order valence-corrected chi connectivity index (χ2v) is 5.77. The van der Waals surface area contributed by atoms with E-state index in [-0.39, 0.29) is 0 Å². The molecule has 0 bridgehead atoms. The number of nitrogens with zero attached hydrogens (tertiary/aromatic N) is 1. The molecule has 4 nitrogen and oxygen atoms in total. The summed E-state index contributed by atoms with van der Waals surface area (Å²) in [7, 11) is 0. The van der Waals surface area contributed by atoms with Gasteiger partial charge in [-0.25, -0.2) is 4.79 Å². The van der Waals surface area contributed by atoms with Gasteiger partial charge >= 0.3 is 5.97 Å². The molecule has 2 aromatic rings. The Balaban J connectivity index is 1.88. The number of aryl methyl sites for hydroxylation is 1. The van der Waals surface area contributed by atoms with Crippen LogP contribution < -0.4 is 0 Å². The highest BCUT2D eigenvalue weighted by atomic mass is 16.6. The molecule has 0 aromatic heterocycles. The monoisotopic (exact) mass is 335 g/mol. The second-order valence-electron chi connectivity index (χ2n) is 5.77. The van der Waals surface area contributed by atoms with Crippen molar-refractivity contribution in [3.05, 3.63) is 77.4 Å². The van der Waals surface area contributed by atoms with E-state index in [1.165, 1.54) is 11.6 Å². The van der Waals surface area contributed by atoms with Crippen LogP contribution in [0.15, 0.2) is 65.8 Å². The Morgan fingerprint density at radius 3 is 2.64 bits per heavy atom. The van der Waals surface area contributed by atoms with Crippen molar-refractivity contribution in [1.82, 2.24) is 0 Å². The van der Waals surface area contributed by atoms with Crippen LogP contribution in [0.25, 0.3) is 5.76 Å². The summed E-state index contributed by atoms with van der Waals surface area (Å²) in [5.41, 5.74) is 4.10. The molecule has 1 aliphatic rings. The van der Waals surface area contributed by atoms with Gasteiger partial charge in [-0.2, -0.15) is 0 Å². The summed E-state index contributed by atoms with van der Waals surface area (Å²) in [6.45, 7) is 2.09. The third-order valence-corrected chi connectivity index (χ3v) is 4.04. The summed E-state index contributed by atoms with van der Waals surface area (Å²) < 4.78 is 5.00. The average Bonchev–Trinajstić information content (AvgIpc) is 2.66. The lowest BCUT2D eigenvalue weighted by atomic mass is 9.90. The molecule has 0 saturated heterocycles. The molecular weight excluding hydrogens is 314 g/mol. The van der Waals surface area contributed by atoms with Gasteiger partial charge in [0.2, 0.25) is 0 Å². The predicted molar refractivity (Wildman–Crippen MR) is 98.1 cm³/mol. The zero-order chi connectivity index (χ0) is 17.5. The fourth-order valence-electron chi connectivity index (χ4n) is 2.86. The third-order valence-electron chi connectivity index (χ3n) is 4.04. The van der Waals surface area contributed by atoms with Gasteiger partial charge < -0.3 is 9.57 Å². The van der Waals surface area contributed by atoms with Crippen LogP contribution in [0.3, 0.4) is 0 Å². The number of hydrogen-bond donors (Lipinski definition) is 0. The van der Waals surface area contributed by atoms with Crippen LogP contribution in [0.5, 0.6) is 0 Å². The van der Waals surface area contributed by atoms with Crippen LogP contribution in [0.4, 0.5) is 0 Å². The van der Waals surface area contributed by atoms with E-state index in [4.69, 9.17) is 9.57 Å². The van der Waals surface area contributed by atoms with Crippen LogP contribution in [-0.2, 0) is 20.8 Å². The standard InChI is InChI=1S/C21H21NO3/c1-2-24-21(23)15-20(17-10-4-3-5-11-17)25-22-19-14-8-12-16-9-6-7-13-18(16)19/h3-7,9-11,13,15H,2,8,12,14H2,1H3/b20-15+,22-19+. The molecule has 0 aliphatic heterocycles. The first-order chi connectivity index (χ1) is 12.3. The number of rotatable bonds is 5. The van der Waals surface area contributed by atoms with E-state index in [0.717, 1.165) is 36.1 Å². The molecule has 2 aromatic carbocycles. The van der Waals surface area contributed by atoms with Crippen LogP contribution in [0.2, 0.25) is 0 Å². The summed E-state index contributed by atoms with van der Waals surface area (Å²) in [5.74, 6) is -0.0554. The summed E-state index contributed by atoms with van der Waals surface area (Å²) in [6, 6.07) is 17.7. The van der Waals surface area contributed by atoms with Gasteiger partial charge in [0.25, 0.3) is 0 Å². The predicted octanol–water partition coefficient (Wildman–Crippen LogP) is 4.35. The Labute approximate surface area is 147 Å². The molecular formula is C21H21NO3. The Hall–Kier alpha value is -2.88. The van der Waals surface area contributed by atoms with Crippen LogP contribution in [-0.4, -0.2) is 18.3 Å². The minimum atomic E-state index is -0.439. The quantitative estimate of drug-likeness (QED) is 0.353. The molecule has 0 N–H and O–H groups in total. The minimum Gasteiger partial charge on any atom is -0.463 e. The molecule has 0 fully saturated rings. The Kier molecular flexibility index (Phi) is 5.62. The zero-order valence-electron chi connectivity index (χ0n) is 14.3. The first-order valence-electron chi connectivity index (χ1n) is 8.54. The fourth-order valence-corrected chi connectivity index (χ4v) is 2.86. The fraction of sp³-hybridized carbons (Fsp3) is 0.238. The van der Waals surface area contributed by atoms with Crippen LogP contribution in [0.1, 0.15) is 36.5 Å². The molecule has 0 saturated carbocycles. The lowest BCUT2D eigenvalue weighted by molar-refractivity contribution is -0.137. The van der Waals surface area contributed by atoms with Crippen molar-refractivity contribution in [3.63, 3.8) is 0 Å². The van der Waals surface area contributed by atoms with Crippen molar-refractivity contribution in [2.24, 2.45) is 5.16 Å². The lowest BCUT2D eigenvalue weighted by Gasteiger charge is -2.17. The van der Waals surface area contributed by atoms with E-state index in [1.54, 1.807) is 6.92 Å². The van der Waals surface area contributed by atoms with E-state index < -0.39 is 5.97 Å². The van der Waals surface area contributed by atoms with E-state index in [9.17, 15) is 4.79 Å². The molecule has 1 aliphatic carbocycles. The number of esters is 1. The van der Waals surface area contributed by atoms with E-state index in [2.05, 4.69) is 17.3 Å². The minimum absolute atomic E-state index is 0.319. The van der Waals surface area contributed by atoms with Gasteiger partial charge in [0.1, 0.15) is 0 Å². The number of hydrogen-bond acceptors (Lipinski definition) is 4. The molecule has 0 spiro atoms. The van der Waals surface area contributed by atoms with E-state index >= 15 is 0 Å². The largest absolute Gasteiger partial charge is 0.463 e. The van der Waals surface area contributed by atoms with Crippen LogP contribution in [0, 0.1) is 0 Å². The van der Waals surface area contributed by atoms with Crippen molar-refractivity contribution < 1.29 is 14.4 Å². The van der Waals surface area contributed by atoms with Gasteiger partial charge in [0.05, 0.1) is 18.4 Å². The molecule has 0 heterocycles. The highest BCUT2D eigenvalue weighted by molar-refractivity contribution is 6.02. The Morgan fingerprint density at radius 1 is 1.08 bits per heavy atom. The highest BCUT2D eigenvalue weighted by Gasteiger charge is 2.16. The van der Waals surface area contributed by atoms with Crippen molar-refractivity contribution in [3.8, 4) is 0 Å². The molecule has 4 heteroatoms. The topological polar surface area (TPSA) is 47.9 Å². The van der Waals surface area contributed by atoms with Crippen molar-refractivity contribution >= 4 is 17.4 Å². The highest BCUT2D eigenvalue weighted by Crippen LogP contribution is 2.23. The number of fused-ring (bicyclic) bond motifs is 1. The maximum Gasteiger partial charge on any atom is 0.334 e. The zero-order valence-corrected chi connectivity index (χ0v) is 14.3. The van der Waals surface area contributed by atoms with Crippen molar-refractivity contribution in [2.45, 2.75) is 26.2 Å². The maximum atomic E-state index is 11.8. The number of benzene rings is 2. The molecule has 25 heavy (non-hydrogen) atoms. The van der Waals surface area contributed by atoms with Crippen LogP contribution >= 0.6 is 0 Å². The summed E-state index contributed by atoms with van der Waals surface area (Å²) >= 11 is 0. The maximum absolute atomic E-state index is 11.8. The molecule has 0 unspecified atom stereocenters. The molecule has 0 radical (unpaired) electrons. The molecule has 128 valence electrons. The van der Waals surface area contributed by atoms with Gasteiger partial charge in [-0.3, -0.25) is 0 Å². The number of ether oxygens (including phenoxy) is 1. The van der Waals surface area contributed by atoms with Gasteiger partial charge in [0, 0.05) is 11.1 Å². The Morgan fingerprint density at radius 2 is 1.84 bits per heavy atom. The summed E-state index contributed by atoms with van der Waals surface area (Å²) in [4.78, 5) is 17.5. The van der Waals surface area contributed by atoms with Gasteiger partial charge in [-0.1, -0.05) is 59.8 Å².